The minimum absolute atomic E-state index is 0.0539. The highest BCUT2D eigenvalue weighted by Gasteiger charge is 2.17. The second-order valence-corrected chi connectivity index (χ2v) is 4.54. The first-order valence-electron chi connectivity index (χ1n) is 6.33. The standard InChI is InChI=1S/C14H15N3O2/c18-14(16-9-11-5-7-19-17-11)13-3-1-2-10-8-15-6-4-12(10)13/h1-3,5,7,15H,4,6,8-9H2,(H,16,18). The van der Waals surface area contributed by atoms with E-state index in [1.165, 1.54) is 11.8 Å². The fourth-order valence-electron chi connectivity index (χ4n) is 2.34. The summed E-state index contributed by atoms with van der Waals surface area (Å²) in [6, 6.07) is 7.61. The Morgan fingerprint density at radius 2 is 2.37 bits per heavy atom. The van der Waals surface area contributed by atoms with Crippen molar-refractivity contribution in [2.45, 2.75) is 19.5 Å². The van der Waals surface area contributed by atoms with Crippen molar-refractivity contribution >= 4 is 5.91 Å². The third-order valence-electron chi connectivity index (χ3n) is 3.31. The van der Waals surface area contributed by atoms with Crippen molar-refractivity contribution in [3.05, 3.63) is 52.9 Å². The Kier molecular flexibility index (Phi) is 3.29. The van der Waals surface area contributed by atoms with Crippen molar-refractivity contribution < 1.29 is 9.32 Å². The second-order valence-electron chi connectivity index (χ2n) is 4.54. The van der Waals surface area contributed by atoms with Crippen LogP contribution < -0.4 is 10.6 Å². The van der Waals surface area contributed by atoms with E-state index in [1.54, 1.807) is 6.07 Å². The molecule has 0 spiro atoms. The zero-order valence-corrected chi connectivity index (χ0v) is 10.5. The Morgan fingerprint density at radius 3 is 3.21 bits per heavy atom. The van der Waals surface area contributed by atoms with Gasteiger partial charge in [0.2, 0.25) is 0 Å². The summed E-state index contributed by atoms with van der Waals surface area (Å²) in [6.45, 7) is 2.14. The molecule has 0 radical (unpaired) electrons. The molecule has 0 fully saturated rings. The predicted molar refractivity (Wildman–Crippen MR) is 69.5 cm³/mol. The number of aromatic nitrogens is 1. The van der Waals surface area contributed by atoms with Crippen molar-refractivity contribution in [1.29, 1.82) is 0 Å². The third kappa shape index (κ3) is 2.51. The van der Waals surface area contributed by atoms with Crippen molar-refractivity contribution in [3.8, 4) is 0 Å². The van der Waals surface area contributed by atoms with Gasteiger partial charge in [-0.1, -0.05) is 17.3 Å². The van der Waals surface area contributed by atoms with Crippen molar-refractivity contribution in [2.24, 2.45) is 0 Å². The van der Waals surface area contributed by atoms with Gasteiger partial charge >= 0.3 is 0 Å². The molecule has 0 atom stereocenters. The van der Waals surface area contributed by atoms with E-state index < -0.39 is 0 Å². The molecule has 5 nitrogen and oxygen atoms in total. The second kappa shape index (κ2) is 5.24. The summed E-state index contributed by atoms with van der Waals surface area (Å²) >= 11 is 0. The molecule has 1 aromatic carbocycles. The van der Waals surface area contributed by atoms with Gasteiger partial charge < -0.3 is 15.2 Å². The molecular formula is C14H15N3O2. The Labute approximate surface area is 111 Å². The van der Waals surface area contributed by atoms with E-state index in [2.05, 4.69) is 21.9 Å². The largest absolute Gasteiger partial charge is 0.364 e. The number of carbonyl (C=O) groups is 1. The molecule has 0 saturated heterocycles. The number of carbonyl (C=O) groups excluding carboxylic acids is 1. The van der Waals surface area contributed by atoms with Gasteiger partial charge in [-0.3, -0.25) is 4.79 Å². The summed E-state index contributed by atoms with van der Waals surface area (Å²) < 4.78 is 4.73. The first kappa shape index (κ1) is 11.9. The van der Waals surface area contributed by atoms with E-state index in [0.717, 1.165) is 36.3 Å². The van der Waals surface area contributed by atoms with Crippen molar-refractivity contribution in [3.63, 3.8) is 0 Å². The number of hydrogen-bond donors (Lipinski definition) is 2. The lowest BCUT2D eigenvalue weighted by atomic mass is 9.95. The summed E-state index contributed by atoms with van der Waals surface area (Å²) in [5.41, 5.74) is 3.85. The van der Waals surface area contributed by atoms with Gasteiger partial charge in [-0.2, -0.15) is 0 Å². The number of benzene rings is 1. The number of nitrogens with one attached hydrogen (secondary N) is 2. The fourth-order valence-corrected chi connectivity index (χ4v) is 2.34. The molecule has 1 aliphatic rings. The molecule has 1 aliphatic heterocycles. The van der Waals surface area contributed by atoms with Crippen LogP contribution in [0.4, 0.5) is 0 Å². The average Bonchev–Trinajstić information content (AvgIpc) is 2.97. The van der Waals surface area contributed by atoms with E-state index in [9.17, 15) is 4.79 Å². The maximum Gasteiger partial charge on any atom is 0.251 e. The van der Waals surface area contributed by atoms with Crippen LogP contribution in [-0.4, -0.2) is 17.6 Å². The summed E-state index contributed by atoms with van der Waals surface area (Å²) in [4.78, 5) is 12.2. The zero-order chi connectivity index (χ0) is 13.1. The van der Waals surface area contributed by atoms with E-state index in [1.807, 2.05) is 12.1 Å². The third-order valence-corrected chi connectivity index (χ3v) is 3.31. The summed E-state index contributed by atoms with van der Waals surface area (Å²) in [6.07, 6.45) is 2.39. The van der Waals surface area contributed by atoms with Crippen LogP contribution in [0.25, 0.3) is 0 Å². The van der Waals surface area contributed by atoms with Crippen LogP contribution in [0.15, 0.2) is 35.1 Å². The lowest BCUT2D eigenvalue weighted by Gasteiger charge is -2.19. The molecule has 1 amide bonds. The molecule has 0 aliphatic carbocycles. The zero-order valence-electron chi connectivity index (χ0n) is 10.5. The SMILES string of the molecule is O=C(NCc1ccon1)c1cccc2c1CCNC2. The normalized spacial score (nSPS) is 13.9. The van der Waals surface area contributed by atoms with E-state index in [-0.39, 0.29) is 5.91 Å². The Bertz CT molecular complexity index is 578. The minimum atomic E-state index is -0.0539. The van der Waals surface area contributed by atoms with Gasteiger partial charge in [0.15, 0.2) is 0 Å². The molecular weight excluding hydrogens is 242 g/mol. The summed E-state index contributed by atoms with van der Waals surface area (Å²) in [5, 5.41) is 9.95. The molecule has 0 saturated carbocycles. The van der Waals surface area contributed by atoms with E-state index in [0.29, 0.717) is 6.54 Å². The van der Waals surface area contributed by atoms with Crippen LogP contribution in [-0.2, 0) is 19.5 Å². The molecule has 0 unspecified atom stereocenters. The Balaban J connectivity index is 1.76. The van der Waals surface area contributed by atoms with Crippen LogP contribution in [0.5, 0.6) is 0 Å². The van der Waals surface area contributed by atoms with Crippen molar-refractivity contribution in [1.82, 2.24) is 15.8 Å². The van der Waals surface area contributed by atoms with Gasteiger partial charge in [0, 0.05) is 18.2 Å². The van der Waals surface area contributed by atoms with Gasteiger partial charge in [-0.25, -0.2) is 0 Å². The monoisotopic (exact) mass is 257 g/mol. The van der Waals surface area contributed by atoms with E-state index in [4.69, 9.17) is 4.52 Å². The van der Waals surface area contributed by atoms with Gasteiger partial charge in [-0.05, 0) is 30.2 Å². The molecule has 5 heteroatoms. The Hall–Kier alpha value is -2.14. The molecule has 1 aromatic heterocycles. The quantitative estimate of drug-likeness (QED) is 0.868. The van der Waals surface area contributed by atoms with Gasteiger partial charge in [0.05, 0.1) is 6.54 Å². The maximum absolute atomic E-state index is 12.2. The predicted octanol–water partition coefficient (Wildman–Crippen LogP) is 1.25. The number of rotatable bonds is 3. The lowest BCUT2D eigenvalue weighted by molar-refractivity contribution is 0.0949. The van der Waals surface area contributed by atoms with Gasteiger partial charge in [0.25, 0.3) is 5.91 Å². The van der Waals surface area contributed by atoms with Crippen LogP contribution in [0.1, 0.15) is 27.2 Å². The number of hydrogen-bond acceptors (Lipinski definition) is 4. The Morgan fingerprint density at radius 1 is 1.42 bits per heavy atom. The molecule has 98 valence electrons. The molecule has 3 rings (SSSR count). The highest BCUT2D eigenvalue weighted by Crippen LogP contribution is 2.18. The van der Waals surface area contributed by atoms with E-state index >= 15 is 0 Å². The topological polar surface area (TPSA) is 67.2 Å². The highest BCUT2D eigenvalue weighted by atomic mass is 16.5. The smallest absolute Gasteiger partial charge is 0.251 e. The molecule has 19 heavy (non-hydrogen) atoms. The summed E-state index contributed by atoms with van der Waals surface area (Å²) in [7, 11) is 0. The molecule has 2 N–H and O–H groups in total. The maximum atomic E-state index is 12.2. The summed E-state index contributed by atoms with van der Waals surface area (Å²) in [5.74, 6) is -0.0539. The molecule has 2 heterocycles. The van der Waals surface area contributed by atoms with Gasteiger partial charge in [-0.15, -0.1) is 0 Å². The minimum Gasteiger partial charge on any atom is -0.364 e. The van der Waals surface area contributed by atoms with Gasteiger partial charge in [0.1, 0.15) is 12.0 Å². The first-order valence-corrected chi connectivity index (χ1v) is 6.33. The fraction of sp³-hybridized carbons (Fsp3) is 0.286. The van der Waals surface area contributed by atoms with Crippen LogP contribution in [0.2, 0.25) is 0 Å². The van der Waals surface area contributed by atoms with Crippen molar-refractivity contribution in [2.75, 3.05) is 6.54 Å². The first-order chi connectivity index (χ1) is 9.34. The van der Waals surface area contributed by atoms with Crippen LogP contribution >= 0.6 is 0 Å². The molecule has 0 bridgehead atoms. The highest BCUT2D eigenvalue weighted by molar-refractivity contribution is 5.96. The lowest BCUT2D eigenvalue weighted by Crippen LogP contribution is -2.29. The number of nitrogens with zero attached hydrogens (tertiary/aromatic N) is 1. The van der Waals surface area contributed by atoms with Crippen LogP contribution in [0, 0.1) is 0 Å². The number of fused-ring (bicyclic) bond motifs is 1. The number of amides is 1. The average molecular weight is 257 g/mol. The molecule has 2 aromatic rings. The van der Waals surface area contributed by atoms with Crippen LogP contribution in [0.3, 0.4) is 0 Å².